The molecule has 0 atom stereocenters. The lowest BCUT2D eigenvalue weighted by Crippen LogP contribution is -2.18. The summed E-state index contributed by atoms with van der Waals surface area (Å²) in [4.78, 5) is 0. The van der Waals surface area contributed by atoms with E-state index in [0.29, 0.717) is 0 Å². The Labute approximate surface area is 81.9 Å². The van der Waals surface area contributed by atoms with Crippen LogP contribution in [0.1, 0.15) is 0 Å². The maximum absolute atomic E-state index is 12.1. The fraction of sp³-hybridized carbons (Fsp3) is 0.250. The SMILES string of the molecule is Oc1ccc2c(c1)nnn2CC(F)(F)F. The van der Waals surface area contributed by atoms with Crippen molar-refractivity contribution >= 4 is 11.0 Å². The Morgan fingerprint density at radius 3 is 2.73 bits per heavy atom. The van der Waals surface area contributed by atoms with Gasteiger partial charge >= 0.3 is 6.18 Å². The lowest BCUT2D eigenvalue weighted by atomic mass is 10.3. The molecule has 7 heteroatoms. The molecule has 15 heavy (non-hydrogen) atoms. The highest BCUT2D eigenvalue weighted by atomic mass is 19.4. The van der Waals surface area contributed by atoms with Gasteiger partial charge in [-0.1, -0.05) is 5.21 Å². The van der Waals surface area contributed by atoms with E-state index >= 15 is 0 Å². The number of alkyl halides is 3. The molecule has 0 aliphatic rings. The molecule has 0 radical (unpaired) electrons. The zero-order chi connectivity index (χ0) is 11.1. The van der Waals surface area contributed by atoms with Crippen LogP contribution in [0.15, 0.2) is 18.2 Å². The molecule has 0 unspecified atom stereocenters. The number of phenols is 1. The molecule has 1 aromatic carbocycles. The molecular weight excluding hydrogens is 211 g/mol. The van der Waals surface area contributed by atoms with Gasteiger partial charge < -0.3 is 5.11 Å². The monoisotopic (exact) mass is 217 g/mol. The van der Waals surface area contributed by atoms with Gasteiger partial charge in [0.15, 0.2) is 0 Å². The van der Waals surface area contributed by atoms with Gasteiger partial charge in [0.1, 0.15) is 17.8 Å². The minimum Gasteiger partial charge on any atom is -0.508 e. The fourth-order valence-corrected chi connectivity index (χ4v) is 1.25. The summed E-state index contributed by atoms with van der Waals surface area (Å²) in [7, 11) is 0. The molecule has 0 spiro atoms. The Kier molecular flexibility index (Phi) is 2.02. The second-order valence-electron chi connectivity index (χ2n) is 3.04. The van der Waals surface area contributed by atoms with Crippen molar-refractivity contribution in [3.05, 3.63) is 18.2 Å². The Hall–Kier alpha value is -1.79. The lowest BCUT2D eigenvalue weighted by Gasteiger charge is -2.05. The zero-order valence-corrected chi connectivity index (χ0v) is 7.36. The van der Waals surface area contributed by atoms with E-state index in [2.05, 4.69) is 10.3 Å². The molecule has 0 fully saturated rings. The minimum absolute atomic E-state index is 0.0541. The summed E-state index contributed by atoms with van der Waals surface area (Å²) in [5.41, 5.74) is 0.476. The van der Waals surface area contributed by atoms with E-state index in [1.165, 1.54) is 18.2 Å². The van der Waals surface area contributed by atoms with Crippen molar-refractivity contribution in [2.45, 2.75) is 12.7 Å². The molecule has 1 heterocycles. The van der Waals surface area contributed by atoms with Crippen LogP contribution in [0.4, 0.5) is 13.2 Å². The summed E-state index contributed by atoms with van der Waals surface area (Å²) < 4.78 is 37.0. The zero-order valence-electron chi connectivity index (χ0n) is 7.36. The molecular formula is C8H6F3N3O. The van der Waals surface area contributed by atoms with Gasteiger partial charge in [-0.2, -0.15) is 13.2 Å². The van der Waals surface area contributed by atoms with Gasteiger partial charge in [0.05, 0.1) is 5.52 Å². The van der Waals surface area contributed by atoms with Crippen molar-refractivity contribution in [2.24, 2.45) is 0 Å². The Bertz CT molecular complexity index is 491. The summed E-state index contributed by atoms with van der Waals surface area (Å²) in [5.74, 6) is -0.0541. The molecule has 4 nitrogen and oxygen atoms in total. The van der Waals surface area contributed by atoms with E-state index < -0.39 is 12.7 Å². The average Bonchev–Trinajstić information content (AvgIpc) is 2.45. The van der Waals surface area contributed by atoms with Crippen molar-refractivity contribution < 1.29 is 18.3 Å². The van der Waals surface area contributed by atoms with Crippen LogP contribution in [-0.4, -0.2) is 26.3 Å². The number of rotatable bonds is 1. The molecule has 80 valence electrons. The molecule has 0 aliphatic heterocycles. The molecule has 1 aromatic heterocycles. The van der Waals surface area contributed by atoms with Crippen LogP contribution in [0, 0.1) is 0 Å². The predicted molar refractivity (Wildman–Crippen MR) is 45.2 cm³/mol. The van der Waals surface area contributed by atoms with Crippen molar-refractivity contribution in [1.29, 1.82) is 0 Å². The van der Waals surface area contributed by atoms with Gasteiger partial charge in [-0.3, -0.25) is 0 Å². The maximum Gasteiger partial charge on any atom is 0.408 e. The van der Waals surface area contributed by atoms with Crippen LogP contribution in [-0.2, 0) is 6.54 Å². The van der Waals surface area contributed by atoms with Gasteiger partial charge in [-0.25, -0.2) is 4.68 Å². The number of benzene rings is 1. The van der Waals surface area contributed by atoms with E-state index in [1.807, 2.05) is 0 Å². The van der Waals surface area contributed by atoms with Gasteiger partial charge in [0.2, 0.25) is 0 Å². The Morgan fingerprint density at radius 1 is 1.33 bits per heavy atom. The maximum atomic E-state index is 12.1. The van der Waals surface area contributed by atoms with E-state index in [1.54, 1.807) is 0 Å². The third-order valence-electron chi connectivity index (χ3n) is 1.83. The summed E-state index contributed by atoms with van der Waals surface area (Å²) in [6.07, 6.45) is -4.33. The number of aromatic hydroxyl groups is 1. The predicted octanol–water partition coefficient (Wildman–Crippen LogP) is 1.70. The quantitative estimate of drug-likeness (QED) is 0.790. The van der Waals surface area contributed by atoms with E-state index in [0.717, 1.165) is 4.68 Å². The summed E-state index contributed by atoms with van der Waals surface area (Å²) in [5, 5.41) is 15.9. The van der Waals surface area contributed by atoms with Gasteiger partial charge in [-0.05, 0) is 12.1 Å². The van der Waals surface area contributed by atoms with Crippen molar-refractivity contribution in [3.8, 4) is 5.75 Å². The molecule has 0 aliphatic carbocycles. The van der Waals surface area contributed by atoms with Gasteiger partial charge in [0, 0.05) is 6.07 Å². The number of hydrogen-bond acceptors (Lipinski definition) is 3. The molecule has 0 amide bonds. The number of fused-ring (bicyclic) bond motifs is 1. The van der Waals surface area contributed by atoms with Crippen LogP contribution < -0.4 is 0 Å². The van der Waals surface area contributed by atoms with E-state index in [4.69, 9.17) is 5.11 Å². The molecule has 0 saturated heterocycles. The van der Waals surface area contributed by atoms with Crippen LogP contribution >= 0.6 is 0 Å². The van der Waals surface area contributed by atoms with Crippen molar-refractivity contribution in [3.63, 3.8) is 0 Å². The van der Waals surface area contributed by atoms with Crippen LogP contribution in [0.3, 0.4) is 0 Å². The van der Waals surface area contributed by atoms with Crippen LogP contribution in [0.2, 0.25) is 0 Å². The smallest absolute Gasteiger partial charge is 0.408 e. The van der Waals surface area contributed by atoms with E-state index in [-0.39, 0.29) is 16.8 Å². The van der Waals surface area contributed by atoms with E-state index in [9.17, 15) is 13.2 Å². The van der Waals surface area contributed by atoms with Crippen LogP contribution in [0.25, 0.3) is 11.0 Å². The topological polar surface area (TPSA) is 50.9 Å². The molecule has 2 rings (SSSR count). The molecule has 0 saturated carbocycles. The Morgan fingerprint density at radius 2 is 2.07 bits per heavy atom. The Balaban J connectivity index is 2.45. The third kappa shape index (κ3) is 2.00. The second-order valence-corrected chi connectivity index (χ2v) is 3.04. The molecule has 1 N–H and O–H groups in total. The largest absolute Gasteiger partial charge is 0.508 e. The second kappa shape index (κ2) is 3.11. The number of nitrogens with zero attached hydrogens (tertiary/aromatic N) is 3. The fourth-order valence-electron chi connectivity index (χ4n) is 1.25. The first kappa shape index (κ1) is 9.75. The average molecular weight is 217 g/mol. The standard InChI is InChI=1S/C8H6F3N3O/c9-8(10,11)4-14-7-2-1-5(15)3-6(7)12-13-14/h1-3,15H,4H2. The summed E-state index contributed by atoms with van der Waals surface area (Å²) >= 11 is 0. The first-order valence-corrected chi connectivity index (χ1v) is 4.05. The third-order valence-corrected chi connectivity index (χ3v) is 1.83. The van der Waals surface area contributed by atoms with Crippen molar-refractivity contribution in [1.82, 2.24) is 15.0 Å². The lowest BCUT2D eigenvalue weighted by molar-refractivity contribution is -0.142. The summed E-state index contributed by atoms with van der Waals surface area (Å²) in [6, 6.07) is 3.89. The highest BCUT2D eigenvalue weighted by molar-refractivity contribution is 5.75. The number of hydrogen-bond donors (Lipinski definition) is 1. The number of halogens is 3. The molecule has 0 bridgehead atoms. The first-order valence-electron chi connectivity index (χ1n) is 4.05. The highest BCUT2D eigenvalue weighted by Crippen LogP contribution is 2.22. The first-order chi connectivity index (χ1) is 6.96. The van der Waals surface area contributed by atoms with Gasteiger partial charge in [-0.15, -0.1) is 5.10 Å². The number of aromatic nitrogens is 3. The van der Waals surface area contributed by atoms with Crippen LogP contribution in [0.5, 0.6) is 5.75 Å². The molecule has 2 aromatic rings. The number of phenolic OH excluding ortho intramolecular Hbond substituents is 1. The van der Waals surface area contributed by atoms with Gasteiger partial charge in [0.25, 0.3) is 0 Å². The minimum atomic E-state index is -4.33. The summed E-state index contributed by atoms with van der Waals surface area (Å²) in [6.45, 7) is -1.19. The normalized spacial score (nSPS) is 12.2. The van der Waals surface area contributed by atoms with Crippen molar-refractivity contribution in [2.75, 3.05) is 0 Å². The highest BCUT2D eigenvalue weighted by Gasteiger charge is 2.29.